The molecule has 0 saturated carbocycles. The minimum Gasteiger partial charge on any atom is -0.496 e. The Labute approximate surface area is 159 Å². The Morgan fingerprint density at radius 2 is 2.00 bits per heavy atom. The molecule has 1 fully saturated rings. The fourth-order valence-electron chi connectivity index (χ4n) is 3.26. The van der Waals surface area contributed by atoms with Crippen LogP contribution >= 0.6 is 0 Å². The van der Waals surface area contributed by atoms with Gasteiger partial charge in [0.05, 0.1) is 13.2 Å². The molecule has 0 spiro atoms. The number of ether oxygens (including phenoxy) is 2. The SMILES string of the molecule is COc1ccccc1C1CNCCN1C(=O)COc1cccc(C(C)=O)c1. The van der Waals surface area contributed by atoms with Crippen molar-refractivity contribution in [2.45, 2.75) is 13.0 Å². The van der Waals surface area contributed by atoms with Gasteiger partial charge in [0.1, 0.15) is 11.5 Å². The molecule has 6 nitrogen and oxygen atoms in total. The largest absolute Gasteiger partial charge is 0.496 e. The summed E-state index contributed by atoms with van der Waals surface area (Å²) in [4.78, 5) is 26.2. The molecule has 1 unspecified atom stereocenters. The highest BCUT2D eigenvalue weighted by atomic mass is 16.5. The molecule has 1 atom stereocenters. The van der Waals surface area contributed by atoms with Crippen molar-refractivity contribution < 1.29 is 19.1 Å². The molecular formula is C21H24N2O4. The molecule has 1 N–H and O–H groups in total. The quantitative estimate of drug-likeness (QED) is 0.794. The molecule has 1 aliphatic heterocycles. The summed E-state index contributed by atoms with van der Waals surface area (Å²) in [7, 11) is 1.63. The van der Waals surface area contributed by atoms with Gasteiger partial charge < -0.3 is 19.7 Å². The highest BCUT2D eigenvalue weighted by Gasteiger charge is 2.29. The van der Waals surface area contributed by atoms with E-state index in [4.69, 9.17) is 9.47 Å². The first-order valence-corrected chi connectivity index (χ1v) is 8.97. The van der Waals surface area contributed by atoms with Crippen molar-refractivity contribution in [1.82, 2.24) is 10.2 Å². The number of hydrogen-bond donors (Lipinski definition) is 1. The molecule has 3 rings (SSSR count). The molecule has 1 amide bonds. The van der Waals surface area contributed by atoms with E-state index >= 15 is 0 Å². The van der Waals surface area contributed by atoms with Crippen molar-refractivity contribution in [2.75, 3.05) is 33.4 Å². The standard InChI is InChI=1S/C21H24N2O4/c1-15(24)16-6-5-7-17(12-16)27-14-21(25)23-11-10-22-13-19(23)18-8-3-4-9-20(18)26-2/h3-9,12,19,22H,10-11,13-14H2,1-2H3. The van der Waals surface area contributed by atoms with E-state index in [9.17, 15) is 9.59 Å². The number of para-hydroxylation sites is 1. The molecule has 0 bridgehead atoms. The zero-order chi connectivity index (χ0) is 19.2. The summed E-state index contributed by atoms with van der Waals surface area (Å²) >= 11 is 0. The molecule has 6 heteroatoms. The smallest absolute Gasteiger partial charge is 0.261 e. The number of hydrogen-bond acceptors (Lipinski definition) is 5. The number of rotatable bonds is 6. The van der Waals surface area contributed by atoms with Crippen molar-refractivity contribution in [3.8, 4) is 11.5 Å². The molecule has 0 radical (unpaired) electrons. The molecule has 1 aliphatic rings. The van der Waals surface area contributed by atoms with Crippen molar-refractivity contribution in [1.29, 1.82) is 0 Å². The van der Waals surface area contributed by atoms with E-state index in [-0.39, 0.29) is 24.3 Å². The fourth-order valence-corrected chi connectivity index (χ4v) is 3.26. The number of nitrogens with one attached hydrogen (secondary N) is 1. The van der Waals surface area contributed by atoms with E-state index in [1.165, 1.54) is 6.92 Å². The Kier molecular flexibility index (Phi) is 6.08. The maximum Gasteiger partial charge on any atom is 0.261 e. The average molecular weight is 368 g/mol. The number of nitrogens with zero attached hydrogens (tertiary/aromatic N) is 1. The lowest BCUT2D eigenvalue weighted by Crippen LogP contribution is -2.50. The second-order valence-corrected chi connectivity index (χ2v) is 6.42. The Balaban J connectivity index is 1.72. The topological polar surface area (TPSA) is 67.9 Å². The molecule has 142 valence electrons. The summed E-state index contributed by atoms with van der Waals surface area (Å²) in [6, 6.07) is 14.5. The molecule has 1 saturated heterocycles. The summed E-state index contributed by atoms with van der Waals surface area (Å²) in [6.07, 6.45) is 0. The van der Waals surface area contributed by atoms with E-state index in [1.54, 1.807) is 31.4 Å². The van der Waals surface area contributed by atoms with E-state index in [0.717, 1.165) is 17.9 Å². The number of amides is 1. The van der Waals surface area contributed by atoms with E-state index < -0.39 is 0 Å². The molecule has 0 aromatic heterocycles. The van der Waals surface area contributed by atoms with Gasteiger partial charge in [0.2, 0.25) is 0 Å². The van der Waals surface area contributed by atoms with Crippen LogP contribution in [0.5, 0.6) is 11.5 Å². The first-order valence-electron chi connectivity index (χ1n) is 8.97. The number of ketones is 1. The van der Waals surface area contributed by atoms with Gasteiger partial charge in [-0.2, -0.15) is 0 Å². The first-order chi connectivity index (χ1) is 13.1. The number of methoxy groups -OCH3 is 1. The van der Waals surface area contributed by atoms with Gasteiger partial charge in [0, 0.05) is 30.8 Å². The monoisotopic (exact) mass is 368 g/mol. The Bertz CT molecular complexity index is 821. The lowest BCUT2D eigenvalue weighted by atomic mass is 10.0. The first kappa shape index (κ1) is 18.9. The molecule has 0 aliphatic carbocycles. The van der Waals surface area contributed by atoms with Gasteiger partial charge in [-0.05, 0) is 25.1 Å². The van der Waals surface area contributed by atoms with Crippen LogP contribution in [-0.4, -0.2) is 49.9 Å². The summed E-state index contributed by atoms with van der Waals surface area (Å²) in [5, 5.41) is 3.34. The van der Waals surface area contributed by atoms with Crippen LogP contribution in [0.15, 0.2) is 48.5 Å². The molecular weight excluding hydrogens is 344 g/mol. The predicted molar refractivity (Wildman–Crippen MR) is 102 cm³/mol. The van der Waals surface area contributed by atoms with Gasteiger partial charge in [-0.25, -0.2) is 0 Å². The lowest BCUT2D eigenvalue weighted by molar-refractivity contribution is -0.136. The van der Waals surface area contributed by atoms with Crippen molar-refractivity contribution >= 4 is 11.7 Å². The summed E-state index contributed by atoms with van der Waals surface area (Å²) in [5.41, 5.74) is 1.54. The number of Topliss-reactive ketones (excluding diaryl/α,β-unsaturated/α-hetero) is 1. The predicted octanol–water partition coefficient (Wildman–Crippen LogP) is 2.45. The van der Waals surface area contributed by atoms with Gasteiger partial charge in [-0.3, -0.25) is 9.59 Å². The van der Waals surface area contributed by atoms with Gasteiger partial charge in [0.25, 0.3) is 5.91 Å². The number of carbonyl (C=O) groups is 2. The Morgan fingerprint density at radius 1 is 1.19 bits per heavy atom. The van der Waals surface area contributed by atoms with Gasteiger partial charge in [0.15, 0.2) is 12.4 Å². The van der Waals surface area contributed by atoms with Crippen LogP contribution in [-0.2, 0) is 4.79 Å². The van der Waals surface area contributed by atoms with Crippen molar-refractivity contribution in [3.05, 3.63) is 59.7 Å². The highest BCUT2D eigenvalue weighted by molar-refractivity contribution is 5.94. The van der Waals surface area contributed by atoms with Crippen LogP contribution in [0, 0.1) is 0 Å². The van der Waals surface area contributed by atoms with Crippen LogP contribution in [0.4, 0.5) is 0 Å². The summed E-state index contributed by atoms with van der Waals surface area (Å²) in [5.74, 6) is 1.14. The third-order valence-electron chi connectivity index (χ3n) is 4.66. The van der Waals surface area contributed by atoms with Crippen molar-refractivity contribution in [3.63, 3.8) is 0 Å². The van der Waals surface area contributed by atoms with Crippen LogP contribution in [0.2, 0.25) is 0 Å². The van der Waals surface area contributed by atoms with Crippen LogP contribution in [0.1, 0.15) is 28.9 Å². The van der Waals surface area contributed by atoms with E-state index in [1.807, 2.05) is 29.2 Å². The fraction of sp³-hybridized carbons (Fsp3) is 0.333. The minimum absolute atomic E-state index is 0.0369. The van der Waals surface area contributed by atoms with Crippen LogP contribution in [0.25, 0.3) is 0 Å². The van der Waals surface area contributed by atoms with E-state index in [2.05, 4.69) is 5.32 Å². The Hall–Kier alpha value is -2.86. The minimum atomic E-state index is -0.116. The van der Waals surface area contributed by atoms with Gasteiger partial charge in [-0.15, -0.1) is 0 Å². The molecule has 2 aromatic carbocycles. The average Bonchev–Trinajstić information content (AvgIpc) is 2.72. The number of benzene rings is 2. The summed E-state index contributed by atoms with van der Waals surface area (Å²) < 4.78 is 11.1. The normalized spacial score (nSPS) is 16.7. The van der Waals surface area contributed by atoms with E-state index in [0.29, 0.717) is 24.4 Å². The second-order valence-electron chi connectivity index (χ2n) is 6.42. The zero-order valence-corrected chi connectivity index (χ0v) is 15.6. The second kappa shape index (κ2) is 8.68. The van der Waals surface area contributed by atoms with Crippen molar-refractivity contribution in [2.24, 2.45) is 0 Å². The summed E-state index contributed by atoms with van der Waals surface area (Å²) in [6.45, 7) is 3.41. The number of carbonyl (C=O) groups excluding carboxylic acids is 2. The zero-order valence-electron chi connectivity index (χ0n) is 15.6. The maximum atomic E-state index is 12.8. The van der Waals surface area contributed by atoms with Crippen LogP contribution in [0.3, 0.4) is 0 Å². The third kappa shape index (κ3) is 4.46. The third-order valence-corrected chi connectivity index (χ3v) is 4.66. The molecule has 1 heterocycles. The molecule has 2 aromatic rings. The molecule has 27 heavy (non-hydrogen) atoms. The Morgan fingerprint density at radius 3 is 2.78 bits per heavy atom. The van der Waals surface area contributed by atoms with Gasteiger partial charge in [-0.1, -0.05) is 30.3 Å². The van der Waals surface area contributed by atoms with Gasteiger partial charge >= 0.3 is 0 Å². The number of piperazine rings is 1. The highest BCUT2D eigenvalue weighted by Crippen LogP contribution is 2.30. The lowest BCUT2D eigenvalue weighted by Gasteiger charge is -2.37. The maximum absolute atomic E-state index is 12.8. The van der Waals surface area contributed by atoms with Crippen LogP contribution < -0.4 is 14.8 Å².